The smallest absolute Gasteiger partial charge is 0.244 e. The molecule has 1 saturated heterocycles. The van der Waals surface area contributed by atoms with Crippen molar-refractivity contribution in [2.75, 3.05) is 44.8 Å². The number of guanidine groups is 1. The summed E-state index contributed by atoms with van der Waals surface area (Å²) in [5.41, 5.74) is 4.50. The van der Waals surface area contributed by atoms with Crippen molar-refractivity contribution in [2.45, 2.75) is 19.7 Å². The molecule has 2 aliphatic rings. The van der Waals surface area contributed by atoms with Crippen molar-refractivity contribution in [2.24, 2.45) is 4.99 Å². The third-order valence-electron chi connectivity index (χ3n) is 6.13. The molecule has 0 radical (unpaired) electrons. The van der Waals surface area contributed by atoms with Gasteiger partial charge in [0, 0.05) is 53.8 Å². The van der Waals surface area contributed by atoms with Crippen molar-refractivity contribution < 1.29 is 14.2 Å². The molecule has 2 aliphatic heterocycles. The zero-order valence-corrected chi connectivity index (χ0v) is 19.5. The van der Waals surface area contributed by atoms with Crippen LogP contribution in [0.15, 0.2) is 60.0 Å². The Bertz CT molecular complexity index is 1190. The number of aliphatic imine (C=N–C) groups is 1. The molecular formula is C25H30N6O3. The van der Waals surface area contributed by atoms with Gasteiger partial charge in [-0.1, -0.05) is 0 Å². The van der Waals surface area contributed by atoms with E-state index < -0.39 is 5.85 Å². The van der Waals surface area contributed by atoms with Gasteiger partial charge in [0.25, 0.3) is 0 Å². The van der Waals surface area contributed by atoms with E-state index in [1.807, 2.05) is 30.5 Å². The first-order chi connectivity index (χ1) is 16.6. The number of rotatable bonds is 7. The Morgan fingerprint density at radius 2 is 2.06 bits per heavy atom. The molecule has 1 fully saturated rings. The normalized spacial score (nSPS) is 20.7. The Balaban J connectivity index is 1.33. The van der Waals surface area contributed by atoms with E-state index in [9.17, 15) is 0 Å². The molecule has 34 heavy (non-hydrogen) atoms. The van der Waals surface area contributed by atoms with E-state index in [1.165, 1.54) is 16.6 Å². The minimum Gasteiger partial charge on any atom is -0.490 e. The molecule has 3 aromatic rings. The Morgan fingerprint density at radius 1 is 1.18 bits per heavy atom. The Kier molecular flexibility index (Phi) is 6.48. The number of ether oxygens (including phenoxy) is 3. The fraction of sp³-hybridized carbons (Fsp3) is 0.360. The number of pyridine rings is 1. The van der Waals surface area contributed by atoms with Gasteiger partial charge >= 0.3 is 0 Å². The summed E-state index contributed by atoms with van der Waals surface area (Å²) in [6, 6.07) is 9.98. The number of morpholine rings is 1. The zero-order valence-electron chi connectivity index (χ0n) is 19.5. The van der Waals surface area contributed by atoms with Crippen LogP contribution in [-0.4, -0.2) is 66.2 Å². The molecule has 1 aromatic carbocycles. The van der Waals surface area contributed by atoms with E-state index in [2.05, 4.69) is 51.5 Å². The first-order valence-corrected chi connectivity index (χ1v) is 11.5. The number of benzene rings is 1. The number of aromatic amines is 1. The van der Waals surface area contributed by atoms with Gasteiger partial charge in [-0.2, -0.15) is 4.99 Å². The van der Waals surface area contributed by atoms with Gasteiger partial charge in [0.05, 0.1) is 26.0 Å². The van der Waals surface area contributed by atoms with Crippen molar-refractivity contribution in [3.8, 4) is 5.75 Å². The van der Waals surface area contributed by atoms with Crippen LogP contribution in [0.1, 0.15) is 11.3 Å². The second kappa shape index (κ2) is 9.84. The van der Waals surface area contributed by atoms with Gasteiger partial charge in [0.1, 0.15) is 12.4 Å². The number of nitrogens with zero attached hydrogens (tertiary/aromatic N) is 3. The molecule has 1 unspecified atom stereocenters. The first-order valence-electron chi connectivity index (χ1n) is 11.5. The van der Waals surface area contributed by atoms with Gasteiger partial charge in [-0.25, -0.2) is 4.90 Å². The van der Waals surface area contributed by atoms with Crippen LogP contribution in [0.25, 0.3) is 10.9 Å². The minimum atomic E-state index is -0.944. The predicted molar refractivity (Wildman–Crippen MR) is 132 cm³/mol. The van der Waals surface area contributed by atoms with Gasteiger partial charge in [0.2, 0.25) is 11.8 Å². The molecule has 1 atom stereocenters. The van der Waals surface area contributed by atoms with Gasteiger partial charge < -0.3 is 29.8 Å². The molecule has 2 aromatic heterocycles. The maximum absolute atomic E-state index is 6.36. The van der Waals surface area contributed by atoms with Crippen LogP contribution in [-0.2, 0) is 9.47 Å². The van der Waals surface area contributed by atoms with Crippen LogP contribution in [0.4, 0.5) is 5.69 Å². The van der Waals surface area contributed by atoms with Gasteiger partial charge in [-0.15, -0.1) is 0 Å². The maximum Gasteiger partial charge on any atom is 0.244 e. The van der Waals surface area contributed by atoms with Crippen molar-refractivity contribution in [1.82, 2.24) is 20.2 Å². The average molecular weight is 463 g/mol. The summed E-state index contributed by atoms with van der Waals surface area (Å²) in [6.45, 7) is 7.69. The maximum atomic E-state index is 6.36. The van der Waals surface area contributed by atoms with Crippen LogP contribution in [0, 0.1) is 13.8 Å². The van der Waals surface area contributed by atoms with Crippen LogP contribution in [0.3, 0.4) is 0 Å². The Morgan fingerprint density at radius 3 is 2.88 bits per heavy atom. The highest BCUT2D eigenvalue weighted by molar-refractivity contribution is 5.97. The van der Waals surface area contributed by atoms with Crippen molar-refractivity contribution in [3.63, 3.8) is 0 Å². The highest BCUT2D eigenvalue weighted by Gasteiger charge is 2.38. The summed E-state index contributed by atoms with van der Waals surface area (Å²) in [6.07, 6.45) is 7.22. The monoisotopic (exact) mass is 462 g/mol. The fourth-order valence-electron chi connectivity index (χ4n) is 4.21. The summed E-state index contributed by atoms with van der Waals surface area (Å²) in [7, 11) is 0. The molecule has 0 aliphatic carbocycles. The van der Waals surface area contributed by atoms with Gasteiger partial charge in [-0.05, 0) is 49.7 Å². The molecular weight excluding hydrogens is 432 g/mol. The lowest BCUT2D eigenvalue weighted by atomic mass is 10.1. The van der Waals surface area contributed by atoms with Crippen LogP contribution >= 0.6 is 0 Å². The molecule has 9 nitrogen and oxygen atoms in total. The molecule has 4 heterocycles. The van der Waals surface area contributed by atoms with E-state index in [0.29, 0.717) is 38.1 Å². The summed E-state index contributed by atoms with van der Waals surface area (Å²) in [5.74, 6) is 0.385. The lowest BCUT2D eigenvalue weighted by Crippen LogP contribution is -2.56. The largest absolute Gasteiger partial charge is 0.490 e. The zero-order chi connectivity index (χ0) is 23.4. The molecule has 0 amide bonds. The number of hydrogen-bond acceptors (Lipinski definition) is 8. The highest BCUT2D eigenvalue weighted by atomic mass is 16.6. The van der Waals surface area contributed by atoms with E-state index in [1.54, 1.807) is 12.4 Å². The predicted octanol–water partition coefficient (Wildman–Crippen LogP) is 3.15. The molecule has 3 N–H and O–H groups in total. The second-order valence-corrected chi connectivity index (χ2v) is 8.34. The molecule has 0 bridgehead atoms. The number of anilines is 1. The highest BCUT2D eigenvalue weighted by Crippen LogP contribution is 2.27. The van der Waals surface area contributed by atoms with E-state index >= 15 is 0 Å². The number of hydrogen-bond donors (Lipinski definition) is 3. The topological polar surface area (TPSA) is 96.0 Å². The van der Waals surface area contributed by atoms with Crippen molar-refractivity contribution >= 4 is 22.5 Å². The molecule has 0 saturated carbocycles. The lowest BCUT2D eigenvalue weighted by Gasteiger charge is -2.41. The second-order valence-electron chi connectivity index (χ2n) is 8.34. The number of fused-ring (bicyclic) bond motifs is 1. The SMILES string of the molecule is Cc1[nH]c2ccc(NC3=NC(OCCOc4cccnc4)(N4CCOCC4)C=CN3)cc2c1C. The number of aromatic nitrogens is 2. The summed E-state index contributed by atoms with van der Waals surface area (Å²) >= 11 is 0. The number of aryl methyl sites for hydroxylation is 2. The van der Waals surface area contributed by atoms with E-state index in [0.717, 1.165) is 24.3 Å². The van der Waals surface area contributed by atoms with Gasteiger partial charge in [-0.3, -0.25) is 4.98 Å². The average Bonchev–Trinajstić information content (AvgIpc) is 3.16. The Labute approximate surface area is 198 Å². The minimum absolute atomic E-state index is 0.362. The fourth-order valence-corrected chi connectivity index (χ4v) is 4.21. The lowest BCUT2D eigenvalue weighted by molar-refractivity contribution is -0.147. The van der Waals surface area contributed by atoms with Crippen LogP contribution in [0.5, 0.6) is 5.75 Å². The van der Waals surface area contributed by atoms with E-state index in [-0.39, 0.29) is 0 Å². The first kappa shape index (κ1) is 22.4. The standard InChI is InChI=1S/C25H30N6O3/c1-18-19(2)28-23-6-5-20(16-22(18)23)29-24-27-9-7-25(30-24,31-10-12-32-13-11-31)34-15-14-33-21-4-3-8-26-17-21/h3-9,16-17,28H,10-15H2,1-2H3,(H2,27,29,30). The van der Waals surface area contributed by atoms with Gasteiger partial charge in [0.15, 0.2) is 0 Å². The summed E-state index contributed by atoms with van der Waals surface area (Å²) in [5, 5.41) is 7.83. The van der Waals surface area contributed by atoms with Crippen molar-refractivity contribution in [3.05, 3.63) is 66.3 Å². The Hall–Kier alpha value is -3.40. The number of nitrogens with one attached hydrogen (secondary N) is 3. The third kappa shape index (κ3) is 4.77. The third-order valence-corrected chi connectivity index (χ3v) is 6.13. The molecule has 0 spiro atoms. The van der Waals surface area contributed by atoms with Crippen LogP contribution < -0.4 is 15.4 Å². The van der Waals surface area contributed by atoms with Crippen molar-refractivity contribution in [1.29, 1.82) is 0 Å². The summed E-state index contributed by atoms with van der Waals surface area (Å²) in [4.78, 5) is 14.6. The number of H-pyrrole nitrogens is 1. The molecule has 5 rings (SSSR count). The summed E-state index contributed by atoms with van der Waals surface area (Å²) < 4.78 is 17.7. The van der Waals surface area contributed by atoms with Crippen LogP contribution in [0.2, 0.25) is 0 Å². The van der Waals surface area contributed by atoms with E-state index in [4.69, 9.17) is 19.2 Å². The molecule has 178 valence electrons. The quantitative estimate of drug-likeness (QED) is 0.464. The molecule has 9 heteroatoms.